The second kappa shape index (κ2) is 12.1. The molecule has 1 unspecified atom stereocenters. The minimum absolute atomic E-state index is 0.140. The fourth-order valence-electron chi connectivity index (χ4n) is 12.5. The molecule has 10 heteroatoms. The van der Waals surface area contributed by atoms with Crippen LogP contribution in [0.1, 0.15) is 130 Å². The Morgan fingerprint density at radius 1 is 1.10 bits per heavy atom. The zero-order valence-corrected chi connectivity index (χ0v) is 31.6. The number of nitrogens with two attached hydrogens (primary N) is 2. The van der Waals surface area contributed by atoms with Crippen LogP contribution in [0.4, 0.5) is 0 Å². The number of allylic oxidation sites excluding steroid dienone is 1. The predicted molar refractivity (Wildman–Crippen MR) is 188 cm³/mol. The molecule has 49 heavy (non-hydrogen) atoms. The molecule has 1 aliphatic heterocycles. The van der Waals surface area contributed by atoms with Gasteiger partial charge in [-0.25, -0.2) is 9.67 Å². The van der Waals surface area contributed by atoms with Gasteiger partial charge in [-0.3, -0.25) is 9.59 Å². The van der Waals surface area contributed by atoms with Crippen LogP contribution in [0.15, 0.2) is 18.0 Å². The summed E-state index contributed by atoms with van der Waals surface area (Å²) in [6.45, 7) is 21.7. The molecule has 5 aliphatic rings. The number of carbonyl (C=O) groups is 2. The summed E-state index contributed by atoms with van der Waals surface area (Å²) >= 11 is 0. The van der Waals surface area contributed by atoms with E-state index in [-0.39, 0.29) is 57.4 Å². The standard InChI is InChI=1S/C39H63N5O5/c1-10-38(41,11-2)20-49-30-27(44-32(31(40)45)42-22-43-44)18-39-21-48-19-35(30,7)28(39)13-12-25-26(39)14-15-37(9)29(33(46)47)34(6,24(5)23(3)4)16-17-36(25,37)8/h14,22-25,27-30H,10-13,15-21,41H2,1-9H3,(H2,40,45)(H,46,47)/t24-,25+,27-,28+,29-,30+,34-,35+,36-,37+,39?/m1/s1. The Bertz CT molecular complexity index is 1490. The van der Waals surface area contributed by atoms with Crippen LogP contribution in [-0.2, 0) is 14.3 Å². The maximum atomic E-state index is 13.5. The number of aromatic nitrogens is 3. The van der Waals surface area contributed by atoms with E-state index in [4.69, 9.17) is 20.9 Å². The molecule has 6 rings (SSSR count). The highest BCUT2D eigenvalue weighted by atomic mass is 16.5. The molecular weight excluding hydrogens is 618 g/mol. The van der Waals surface area contributed by atoms with E-state index in [2.05, 4.69) is 78.5 Å². The third-order valence-corrected chi connectivity index (χ3v) is 16.2. The fraction of sp³-hybridized carbons (Fsp3) is 0.846. The van der Waals surface area contributed by atoms with E-state index >= 15 is 0 Å². The van der Waals surface area contributed by atoms with Crippen molar-refractivity contribution in [3.63, 3.8) is 0 Å². The summed E-state index contributed by atoms with van der Waals surface area (Å²) in [5, 5.41) is 15.7. The minimum atomic E-state index is -0.654. The van der Waals surface area contributed by atoms with Gasteiger partial charge < -0.3 is 26.0 Å². The summed E-state index contributed by atoms with van der Waals surface area (Å²) in [5.41, 5.74) is 12.1. The van der Waals surface area contributed by atoms with Crippen molar-refractivity contribution in [3.8, 4) is 0 Å². The van der Waals surface area contributed by atoms with Gasteiger partial charge in [-0.2, -0.15) is 5.10 Å². The summed E-state index contributed by atoms with van der Waals surface area (Å²) in [7, 11) is 0. The highest BCUT2D eigenvalue weighted by molar-refractivity contribution is 5.89. The molecule has 3 saturated carbocycles. The summed E-state index contributed by atoms with van der Waals surface area (Å²) < 4.78 is 15.4. The molecule has 1 saturated heterocycles. The highest BCUT2D eigenvalue weighted by Gasteiger charge is 2.72. The third kappa shape index (κ3) is 5.03. The van der Waals surface area contributed by atoms with Crippen molar-refractivity contribution in [1.29, 1.82) is 0 Å². The smallest absolute Gasteiger partial charge is 0.307 e. The molecule has 1 aromatic heterocycles. The summed E-state index contributed by atoms with van der Waals surface area (Å²) in [5.74, 6) is -0.373. The van der Waals surface area contributed by atoms with Crippen molar-refractivity contribution in [1.82, 2.24) is 14.8 Å². The molecule has 5 N–H and O–H groups in total. The maximum absolute atomic E-state index is 13.5. The maximum Gasteiger partial charge on any atom is 0.307 e. The average molecular weight is 682 g/mol. The van der Waals surface area contributed by atoms with Crippen LogP contribution in [0.3, 0.4) is 0 Å². The van der Waals surface area contributed by atoms with E-state index < -0.39 is 28.7 Å². The zero-order valence-electron chi connectivity index (χ0n) is 31.6. The van der Waals surface area contributed by atoms with Gasteiger partial charge in [0.25, 0.3) is 5.91 Å². The number of amides is 1. The second-order valence-corrected chi connectivity index (χ2v) is 18.3. The Balaban J connectivity index is 1.47. The number of rotatable bonds is 10. The van der Waals surface area contributed by atoms with Crippen LogP contribution in [0.5, 0.6) is 0 Å². The Labute approximate surface area is 293 Å². The lowest BCUT2D eigenvalue weighted by atomic mass is 9.34. The van der Waals surface area contributed by atoms with Gasteiger partial charge in [0.15, 0.2) is 0 Å². The summed E-state index contributed by atoms with van der Waals surface area (Å²) in [6, 6.07) is -0.304. The predicted octanol–water partition coefficient (Wildman–Crippen LogP) is 6.41. The molecule has 2 bridgehead atoms. The van der Waals surface area contributed by atoms with Crippen LogP contribution in [0, 0.1) is 56.7 Å². The average Bonchev–Trinajstić information content (AvgIpc) is 3.54. The number of aliphatic carboxylic acids is 1. The van der Waals surface area contributed by atoms with Crippen molar-refractivity contribution in [2.45, 2.75) is 131 Å². The van der Waals surface area contributed by atoms with Gasteiger partial charge in [0.2, 0.25) is 5.82 Å². The largest absolute Gasteiger partial charge is 0.481 e. The molecule has 0 spiro atoms. The number of nitrogens with zero attached hydrogens (tertiary/aromatic N) is 3. The van der Waals surface area contributed by atoms with Crippen LogP contribution >= 0.6 is 0 Å². The van der Waals surface area contributed by atoms with E-state index in [0.717, 1.165) is 44.9 Å². The Morgan fingerprint density at radius 2 is 1.80 bits per heavy atom. The Hall–Kier alpha value is -2.30. The minimum Gasteiger partial charge on any atom is -0.481 e. The molecule has 11 atom stereocenters. The number of carbonyl (C=O) groups excluding carboxylic acids is 1. The molecule has 1 amide bonds. The van der Waals surface area contributed by atoms with Crippen molar-refractivity contribution in [3.05, 3.63) is 23.8 Å². The zero-order chi connectivity index (χ0) is 35.9. The Morgan fingerprint density at radius 3 is 2.41 bits per heavy atom. The number of fused-ring (bicyclic) bond motifs is 3. The molecule has 10 nitrogen and oxygen atoms in total. The van der Waals surface area contributed by atoms with Gasteiger partial charge in [-0.05, 0) is 91.3 Å². The molecule has 0 radical (unpaired) electrons. The van der Waals surface area contributed by atoms with Crippen molar-refractivity contribution < 1.29 is 24.2 Å². The molecule has 4 fully saturated rings. The van der Waals surface area contributed by atoms with Crippen molar-refractivity contribution >= 4 is 11.9 Å². The van der Waals surface area contributed by atoms with Gasteiger partial charge in [0.1, 0.15) is 6.33 Å². The molecule has 1 aromatic rings. The summed E-state index contributed by atoms with van der Waals surface area (Å²) in [4.78, 5) is 30.5. The molecule has 2 heterocycles. The number of primary amides is 1. The first-order valence-corrected chi connectivity index (χ1v) is 19.0. The molecule has 4 aliphatic carbocycles. The molecule has 0 aromatic carbocycles. The van der Waals surface area contributed by atoms with E-state index in [9.17, 15) is 14.7 Å². The lowest BCUT2D eigenvalue weighted by Crippen LogP contribution is -2.69. The normalized spacial score (nSPS) is 42.4. The van der Waals surface area contributed by atoms with Gasteiger partial charge in [0, 0.05) is 16.4 Å². The second-order valence-electron chi connectivity index (χ2n) is 18.3. The van der Waals surface area contributed by atoms with E-state index in [1.54, 1.807) is 4.68 Å². The number of hydrogen-bond donors (Lipinski definition) is 3. The highest BCUT2D eigenvalue weighted by Crippen LogP contribution is 2.75. The van der Waals surface area contributed by atoms with Crippen LogP contribution in [0.25, 0.3) is 0 Å². The van der Waals surface area contributed by atoms with Crippen LogP contribution in [0.2, 0.25) is 0 Å². The number of ether oxygens (including phenoxy) is 2. The van der Waals surface area contributed by atoms with E-state index in [0.29, 0.717) is 32.2 Å². The van der Waals surface area contributed by atoms with Gasteiger partial charge >= 0.3 is 5.97 Å². The van der Waals surface area contributed by atoms with Crippen molar-refractivity contribution in [2.24, 2.45) is 68.1 Å². The van der Waals surface area contributed by atoms with E-state index in [1.165, 1.54) is 11.9 Å². The molecule has 274 valence electrons. The van der Waals surface area contributed by atoms with Crippen molar-refractivity contribution in [2.75, 3.05) is 19.8 Å². The van der Waals surface area contributed by atoms with Gasteiger partial charge in [-0.1, -0.05) is 74.0 Å². The first-order valence-electron chi connectivity index (χ1n) is 19.0. The summed E-state index contributed by atoms with van der Waals surface area (Å²) in [6.07, 6.45) is 10.4. The molecular formula is C39H63N5O5. The number of carboxylic acids is 1. The third-order valence-electron chi connectivity index (χ3n) is 16.2. The lowest BCUT2D eigenvalue weighted by Gasteiger charge is -2.71. The monoisotopic (exact) mass is 681 g/mol. The Kier molecular flexibility index (Phi) is 9.05. The number of carboxylic acid groups (broad SMARTS) is 1. The quantitative estimate of drug-likeness (QED) is 0.239. The van der Waals surface area contributed by atoms with E-state index in [1.807, 2.05) is 0 Å². The topological polar surface area (TPSA) is 156 Å². The van der Waals surface area contributed by atoms with Crippen LogP contribution in [-0.4, -0.2) is 63.2 Å². The lowest BCUT2D eigenvalue weighted by molar-refractivity contribution is -0.252. The van der Waals surface area contributed by atoms with Crippen LogP contribution < -0.4 is 11.5 Å². The first-order chi connectivity index (χ1) is 22.9. The fourth-order valence-corrected chi connectivity index (χ4v) is 12.5. The van der Waals surface area contributed by atoms with Gasteiger partial charge in [-0.15, -0.1) is 0 Å². The first kappa shape index (κ1) is 36.5. The van der Waals surface area contributed by atoms with Gasteiger partial charge in [0.05, 0.1) is 37.9 Å². The SMILES string of the molecule is CCC(N)(CC)CO[C@H]1[C@H](n2ncnc2C(N)=O)CC23COC[C@@]1(C)[C@@H]2CC[C@H]1C3=CC[C@@]2(C)[C@H](C(=O)O)[C@@](C)([C@H](C)C(C)C)CC[C@]12C. The number of hydrogen-bond acceptors (Lipinski definition) is 7.